The Bertz CT molecular complexity index is 1140. The zero-order chi connectivity index (χ0) is 22.8. The number of ether oxygens (including phenoxy) is 1. The highest BCUT2D eigenvalue weighted by Gasteiger charge is 2.38. The summed E-state index contributed by atoms with van der Waals surface area (Å²) < 4.78 is 5.05. The van der Waals surface area contributed by atoms with E-state index in [2.05, 4.69) is 46.4 Å². The third kappa shape index (κ3) is 4.40. The van der Waals surface area contributed by atoms with Gasteiger partial charge in [0.25, 0.3) is 5.91 Å². The van der Waals surface area contributed by atoms with Crippen LogP contribution in [-0.4, -0.2) is 53.8 Å². The van der Waals surface area contributed by atoms with E-state index in [1.165, 1.54) is 12.0 Å². The fourth-order valence-corrected chi connectivity index (χ4v) is 4.87. The number of H-pyrrole nitrogens is 1. The smallest absolute Gasteiger partial charge is 0.323 e. The summed E-state index contributed by atoms with van der Waals surface area (Å²) in [5.41, 5.74) is 4.82. The Balaban J connectivity index is 1.51. The number of benzene rings is 2. The van der Waals surface area contributed by atoms with Crippen molar-refractivity contribution in [3.8, 4) is 0 Å². The molecule has 6 nitrogen and oxygen atoms in total. The number of rotatable bonds is 6. The number of amides is 1. The van der Waals surface area contributed by atoms with Crippen LogP contribution in [0.2, 0.25) is 0 Å². The summed E-state index contributed by atoms with van der Waals surface area (Å²) >= 11 is 1.70. The fraction of sp³-hybridized carbons (Fsp3) is 0.360. The van der Waals surface area contributed by atoms with Crippen molar-refractivity contribution >= 4 is 34.5 Å². The number of fused-ring (bicyclic) bond motifs is 1. The zero-order valence-electron chi connectivity index (χ0n) is 18.9. The number of aromatic amines is 1. The van der Waals surface area contributed by atoms with Crippen molar-refractivity contribution in [1.82, 2.24) is 15.2 Å². The van der Waals surface area contributed by atoms with E-state index < -0.39 is 0 Å². The Morgan fingerprint density at radius 3 is 2.62 bits per heavy atom. The molecule has 168 valence electrons. The van der Waals surface area contributed by atoms with Gasteiger partial charge < -0.3 is 15.0 Å². The van der Waals surface area contributed by atoms with Crippen molar-refractivity contribution in [2.75, 3.05) is 19.9 Å². The normalized spacial score (nSPS) is 18.8. The van der Waals surface area contributed by atoms with Crippen LogP contribution in [0.25, 0.3) is 10.9 Å². The van der Waals surface area contributed by atoms with Gasteiger partial charge in [-0.05, 0) is 55.9 Å². The number of carbonyl (C=O) groups excluding carboxylic acids is 2. The average molecular weight is 452 g/mol. The van der Waals surface area contributed by atoms with Gasteiger partial charge in [-0.25, -0.2) is 0 Å². The van der Waals surface area contributed by atoms with Crippen molar-refractivity contribution < 1.29 is 14.3 Å². The first kappa shape index (κ1) is 22.4. The molecular weight excluding hydrogens is 422 g/mol. The van der Waals surface area contributed by atoms with E-state index in [1.807, 2.05) is 31.4 Å². The van der Waals surface area contributed by atoms with E-state index in [-0.39, 0.29) is 24.0 Å². The maximum atomic E-state index is 13.1. The predicted molar refractivity (Wildman–Crippen MR) is 128 cm³/mol. The van der Waals surface area contributed by atoms with Crippen molar-refractivity contribution in [2.24, 2.45) is 0 Å². The molecule has 7 heteroatoms. The molecular formula is C25H29N3O3S. The van der Waals surface area contributed by atoms with Crippen molar-refractivity contribution in [3.63, 3.8) is 0 Å². The Morgan fingerprint density at radius 2 is 1.94 bits per heavy atom. The molecule has 2 heterocycles. The van der Waals surface area contributed by atoms with Gasteiger partial charge in [0.05, 0.1) is 18.2 Å². The van der Waals surface area contributed by atoms with Crippen LogP contribution in [0, 0.1) is 13.8 Å². The predicted octanol–water partition coefficient (Wildman–Crippen LogP) is 4.05. The molecule has 2 aromatic carbocycles. The number of esters is 1. The summed E-state index contributed by atoms with van der Waals surface area (Å²) in [7, 11) is 1.41. The molecule has 1 saturated heterocycles. The van der Waals surface area contributed by atoms with E-state index >= 15 is 0 Å². The highest BCUT2D eigenvalue weighted by molar-refractivity contribution is 7.98. The lowest BCUT2D eigenvalue weighted by molar-refractivity contribution is -0.146. The van der Waals surface area contributed by atoms with Gasteiger partial charge in [-0.3, -0.25) is 14.5 Å². The standard InChI is InChI=1S/C25H29N3O3S/c1-15-16(2)26-23-20(15)6-5-7-21(23)24(29)27-18-12-22(25(30)31-3)28(14-18)13-17-8-10-19(32-4)11-9-17/h5-11,18,22,26H,12-14H2,1-4H3,(H,27,29)/t18-,22+/m1/s1. The molecule has 3 aromatic rings. The summed E-state index contributed by atoms with van der Waals surface area (Å²) in [6, 6.07) is 13.6. The van der Waals surface area contributed by atoms with E-state index in [1.54, 1.807) is 11.8 Å². The molecule has 1 aliphatic rings. The van der Waals surface area contributed by atoms with Crippen LogP contribution in [-0.2, 0) is 16.1 Å². The van der Waals surface area contributed by atoms with Gasteiger partial charge in [0.1, 0.15) is 6.04 Å². The van der Waals surface area contributed by atoms with E-state index in [0.717, 1.165) is 27.7 Å². The van der Waals surface area contributed by atoms with Gasteiger partial charge >= 0.3 is 5.97 Å². The molecule has 0 saturated carbocycles. The number of aromatic nitrogens is 1. The molecule has 0 radical (unpaired) electrons. The topological polar surface area (TPSA) is 74.4 Å². The Morgan fingerprint density at radius 1 is 1.19 bits per heavy atom. The van der Waals surface area contributed by atoms with Crippen LogP contribution in [0.15, 0.2) is 47.4 Å². The van der Waals surface area contributed by atoms with Crippen molar-refractivity contribution in [3.05, 3.63) is 64.8 Å². The minimum atomic E-state index is -0.378. The second-order valence-electron chi connectivity index (χ2n) is 8.33. The number of aryl methyl sites for hydroxylation is 2. The molecule has 1 aliphatic heterocycles. The van der Waals surface area contributed by atoms with Crippen LogP contribution in [0.5, 0.6) is 0 Å². The largest absolute Gasteiger partial charge is 0.468 e. The summed E-state index contributed by atoms with van der Waals surface area (Å²) in [5.74, 6) is -0.392. The number of nitrogens with one attached hydrogen (secondary N) is 2. The first-order valence-corrected chi connectivity index (χ1v) is 12.0. The van der Waals surface area contributed by atoms with Crippen LogP contribution >= 0.6 is 11.8 Å². The van der Waals surface area contributed by atoms with Crippen LogP contribution < -0.4 is 5.32 Å². The number of thioether (sulfide) groups is 1. The molecule has 0 unspecified atom stereocenters. The fourth-order valence-electron chi connectivity index (χ4n) is 4.46. The molecule has 1 amide bonds. The summed E-state index contributed by atoms with van der Waals surface area (Å²) in [4.78, 5) is 32.2. The number of nitrogens with zero attached hydrogens (tertiary/aromatic N) is 1. The lowest BCUT2D eigenvalue weighted by atomic mass is 10.1. The minimum Gasteiger partial charge on any atom is -0.468 e. The number of hydrogen-bond donors (Lipinski definition) is 2. The van der Waals surface area contributed by atoms with Gasteiger partial charge in [0.15, 0.2) is 0 Å². The van der Waals surface area contributed by atoms with Gasteiger partial charge in [-0.2, -0.15) is 0 Å². The maximum Gasteiger partial charge on any atom is 0.323 e. The van der Waals surface area contributed by atoms with Crippen LogP contribution in [0.3, 0.4) is 0 Å². The Labute approximate surface area is 192 Å². The highest BCUT2D eigenvalue weighted by Crippen LogP contribution is 2.26. The summed E-state index contributed by atoms with van der Waals surface area (Å²) in [5, 5.41) is 4.21. The minimum absolute atomic E-state index is 0.128. The van der Waals surface area contributed by atoms with E-state index in [0.29, 0.717) is 25.1 Å². The molecule has 1 aromatic heterocycles. The van der Waals surface area contributed by atoms with E-state index in [4.69, 9.17) is 4.74 Å². The third-order valence-electron chi connectivity index (χ3n) is 6.34. The second kappa shape index (κ2) is 9.38. The number of carbonyl (C=O) groups is 2. The first-order chi connectivity index (χ1) is 15.4. The summed E-state index contributed by atoms with van der Waals surface area (Å²) in [6.07, 6.45) is 2.58. The molecule has 0 bridgehead atoms. The molecule has 32 heavy (non-hydrogen) atoms. The Hall–Kier alpha value is -2.77. The summed E-state index contributed by atoms with van der Waals surface area (Å²) in [6.45, 7) is 5.29. The van der Waals surface area contributed by atoms with Gasteiger partial charge in [0, 0.05) is 35.1 Å². The molecule has 1 fully saturated rings. The second-order valence-corrected chi connectivity index (χ2v) is 9.21. The number of hydrogen-bond acceptors (Lipinski definition) is 5. The third-order valence-corrected chi connectivity index (χ3v) is 7.09. The molecule has 0 aliphatic carbocycles. The quantitative estimate of drug-likeness (QED) is 0.437. The molecule has 2 N–H and O–H groups in total. The van der Waals surface area contributed by atoms with Crippen LogP contribution in [0.1, 0.15) is 33.6 Å². The van der Waals surface area contributed by atoms with Crippen molar-refractivity contribution in [1.29, 1.82) is 0 Å². The van der Waals surface area contributed by atoms with E-state index in [9.17, 15) is 9.59 Å². The highest BCUT2D eigenvalue weighted by atomic mass is 32.2. The monoisotopic (exact) mass is 451 g/mol. The lowest BCUT2D eigenvalue weighted by Gasteiger charge is -2.22. The average Bonchev–Trinajstić information content (AvgIpc) is 3.33. The molecule has 0 spiro atoms. The SMILES string of the molecule is COC(=O)[C@@H]1C[C@@H](NC(=O)c2cccc3c(C)c(C)[nH]c23)CN1Cc1ccc(SC)cc1. The number of methoxy groups -OCH3 is 1. The first-order valence-electron chi connectivity index (χ1n) is 10.7. The maximum absolute atomic E-state index is 13.1. The van der Waals surface area contributed by atoms with Crippen LogP contribution in [0.4, 0.5) is 0 Å². The number of likely N-dealkylation sites (tertiary alicyclic amines) is 1. The molecule has 4 rings (SSSR count). The van der Waals surface area contributed by atoms with Gasteiger partial charge in [-0.1, -0.05) is 24.3 Å². The van der Waals surface area contributed by atoms with Crippen molar-refractivity contribution in [2.45, 2.75) is 43.8 Å². The zero-order valence-corrected chi connectivity index (χ0v) is 19.7. The Kier molecular flexibility index (Phi) is 6.58. The lowest BCUT2D eigenvalue weighted by Crippen LogP contribution is -2.37. The van der Waals surface area contributed by atoms with Gasteiger partial charge in [0.2, 0.25) is 0 Å². The van der Waals surface area contributed by atoms with Gasteiger partial charge in [-0.15, -0.1) is 11.8 Å². The number of para-hydroxylation sites is 1. The molecule has 2 atom stereocenters.